The maximum atomic E-state index is 6.56. The standard InChI is InChI=1S/C46H29NOS/c1-2-11-30(12-3-1)36-15-6-8-19-42(36)47(35-25-26-38-41-27-32-13-4-5-14-33(32)28-43(41)48-44(38)29-35)34-23-21-31(22-24-34)37-17-10-18-40-39-16-7-9-20-45(39)49-46(37)40/h1-29H. The van der Waals surface area contributed by atoms with Gasteiger partial charge < -0.3 is 9.32 Å². The first-order valence-electron chi connectivity index (χ1n) is 16.6. The van der Waals surface area contributed by atoms with Crippen molar-refractivity contribution < 1.29 is 4.42 Å². The van der Waals surface area contributed by atoms with Crippen LogP contribution in [-0.4, -0.2) is 0 Å². The van der Waals surface area contributed by atoms with Crippen molar-refractivity contribution in [3.05, 3.63) is 176 Å². The Morgan fingerprint density at radius 1 is 0.408 bits per heavy atom. The lowest BCUT2D eigenvalue weighted by Gasteiger charge is -2.28. The van der Waals surface area contributed by atoms with Crippen LogP contribution >= 0.6 is 11.3 Å². The normalized spacial score (nSPS) is 11.7. The molecule has 10 aromatic rings. The molecule has 0 aliphatic carbocycles. The molecule has 3 heteroatoms. The van der Waals surface area contributed by atoms with Gasteiger partial charge in [-0.3, -0.25) is 0 Å². The molecule has 0 N–H and O–H groups in total. The fourth-order valence-corrected chi connectivity index (χ4v) is 8.55. The molecule has 0 saturated heterocycles. The Bertz CT molecular complexity index is 2830. The van der Waals surface area contributed by atoms with E-state index < -0.39 is 0 Å². The van der Waals surface area contributed by atoms with Gasteiger partial charge in [0.15, 0.2) is 0 Å². The molecule has 2 aromatic heterocycles. The number of para-hydroxylation sites is 1. The Morgan fingerprint density at radius 3 is 1.94 bits per heavy atom. The van der Waals surface area contributed by atoms with E-state index in [9.17, 15) is 0 Å². The summed E-state index contributed by atoms with van der Waals surface area (Å²) in [6.07, 6.45) is 0. The Kier molecular flexibility index (Phi) is 6.39. The Labute approximate surface area is 287 Å². The third-order valence-corrected chi connectivity index (χ3v) is 10.9. The maximum Gasteiger partial charge on any atom is 0.137 e. The van der Waals surface area contributed by atoms with Crippen LogP contribution < -0.4 is 4.90 Å². The lowest BCUT2D eigenvalue weighted by atomic mass is 10.00. The number of nitrogens with zero attached hydrogens (tertiary/aromatic N) is 1. The molecule has 0 aliphatic heterocycles. The molecule has 0 amide bonds. The third-order valence-electron chi connectivity index (χ3n) is 9.65. The highest BCUT2D eigenvalue weighted by Crippen LogP contribution is 2.44. The van der Waals surface area contributed by atoms with Gasteiger partial charge in [-0.05, 0) is 76.0 Å². The first kappa shape index (κ1) is 27.9. The molecule has 0 radical (unpaired) electrons. The van der Waals surface area contributed by atoms with Gasteiger partial charge in [0.2, 0.25) is 0 Å². The van der Waals surface area contributed by atoms with Crippen molar-refractivity contribution >= 4 is 81.3 Å². The zero-order valence-corrected chi connectivity index (χ0v) is 27.3. The second-order valence-electron chi connectivity index (χ2n) is 12.5. The van der Waals surface area contributed by atoms with Gasteiger partial charge in [-0.1, -0.05) is 121 Å². The summed E-state index contributed by atoms with van der Waals surface area (Å²) < 4.78 is 9.20. The van der Waals surface area contributed by atoms with Gasteiger partial charge in [0.1, 0.15) is 11.2 Å². The number of anilines is 3. The second-order valence-corrected chi connectivity index (χ2v) is 13.6. The number of hydrogen-bond acceptors (Lipinski definition) is 3. The fraction of sp³-hybridized carbons (Fsp3) is 0. The monoisotopic (exact) mass is 643 g/mol. The largest absolute Gasteiger partial charge is 0.456 e. The van der Waals surface area contributed by atoms with Crippen LogP contribution in [-0.2, 0) is 0 Å². The highest BCUT2D eigenvalue weighted by Gasteiger charge is 2.19. The minimum atomic E-state index is 0.873. The summed E-state index contributed by atoms with van der Waals surface area (Å²) in [5, 5.41) is 7.28. The summed E-state index contributed by atoms with van der Waals surface area (Å²) >= 11 is 1.87. The van der Waals surface area contributed by atoms with Crippen LogP contribution in [0, 0.1) is 0 Å². The number of furan rings is 1. The Hall–Kier alpha value is -6.16. The maximum absolute atomic E-state index is 6.56. The molecule has 230 valence electrons. The molecule has 10 rings (SSSR count). The SMILES string of the molecule is c1ccc(-c2ccccc2N(c2ccc(-c3cccc4c3sc3ccccc34)cc2)c2ccc3c(c2)oc2cc4ccccc4cc23)cc1. The van der Waals surface area contributed by atoms with Crippen LogP contribution in [0.4, 0.5) is 17.1 Å². The molecular formula is C46H29NOS. The first-order valence-corrected chi connectivity index (χ1v) is 17.4. The van der Waals surface area contributed by atoms with Gasteiger partial charge in [0.05, 0.1) is 5.69 Å². The van der Waals surface area contributed by atoms with E-state index in [0.717, 1.165) is 44.6 Å². The van der Waals surface area contributed by atoms with Crippen LogP contribution in [0.3, 0.4) is 0 Å². The van der Waals surface area contributed by atoms with E-state index in [2.05, 4.69) is 181 Å². The lowest BCUT2D eigenvalue weighted by Crippen LogP contribution is -2.11. The molecular weight excluding hydrogens is 615 g/mol. The van der Waals surface area contributed by atoms with Gasteiger partial charge in [-0.25, -0.2) is 0 Å². The fourth-order valence-electron chi connectivity index (χ4n) is 7.31. The van der Waals surface area contributed by atoms with Crippen LogP contribution in [0.2, 0.25) is 0 Å². The molecule has 0 saturated carbocycles. The molecule has 0 bridgehead atoms. The predicted octanol–water partition coefficient (Wildman–Crippen LogP) is 13.9. The topological polar surface area (TPSA) is 16.4 Å². The molecule has 0 spiro atoms. The Balaban J connectivity index is 1.14. The first-order chi connectivity index (χ1) is 24.3. The van der Waals surface area contributed by atoms with Crippen molar-refractivity contribution in [1.29, 1.82) is 0 Å². The van der Waals surface area contributed by atoms with Gasteiger partial charge in [-0.2, -0.15) is 0 Å². The number of hydrogen-bond donors (Lipinski definition) is 0. The minimum absolute atomic E-state index is 0.873. The average Bonchev–Trinajstić information content (AvgIpc) is 3.72. The van der Waals surface area contributed by atoms with Crippen LogP contribution in [0.25, 0.3) is 75.1 Å². The van der Waals surface area contributed by atoms with E-state index in [1.54, 1.807) is 0 Å². The van der Waals surface area contributed by atoms with Crippen LogP contribution in [0.5, 0.6) is 0 Å². The summed E-state index contributed by atoms with van der Waals surface area (Å²) in [4.78, 5) is 2.36. The van der Waals surface area contributed by atoms with E-state index in [-0.39, 0.29) is 0 Å². The highest BCUT2D eigenvalue weighted by molar-refractivity contribution is 7.26. The molecule has 8 aromatic carbocycles. The lowest BCUT2D eigenvalue weighted by molar-refractivity contribution is 0.669. The van der Waals surface area contributed by atoms with E-state index in [0.29, 0.717) is 0 Å². The van der Waals surface area contributed by atoms with E-state index >= 15 is 0 Å². The summed E-state index contributed by atoms with van der Waals surface area (Å²) in [7, 11) is 0. The van der Waals surface area contributed by atoms with Crippen molar-refractivity contribution in [2.24, 2.45) is 0 Å². The van der Waals surface area contributed by atoms with Crippen molar-refractivity contribution in [1.82, 2.24) is 0 Å². The van der Waals surface area contributed by atoms with Crippen molar-refractivity contribution in [3.63, 3.8) is 0 Å². The van der Waals surface area contributed by atoms with Gasteiger partial charge in [-0.15, -0.1) is 11.3 Å². The number of benzene rings is 8. The van der Waals surface area contributed by atoms with Gasteiger partial charge in [0.25, 0.3) is 0 Å². The number of rotatable bonds is 5. The van der Waals surface area contributed by atoms with Crippen LogP contribution in [0.1, 0.15) is 0 Å². The zero-order valence-electron chi connectivity index (χ0n) is 26.5. The summed E-state index contributed by atoms with van der Waals surface area (Å²) in [6.45, 7) is 0. The average molecular weight is 644 g/mol. The molecule has 2 heterocycles. The van der Waals surface area contributed by atoms with Crippen molar-refractivity contribution in [2.45, 2.75) is 0 Å². The van der Waals surface area contributed by atoms with Crippen molar-refractivity contribution in [2.75, 3.05) is 4.90 Å². The summed E-state index contributed by atoms with van der Waals surface area (Å²) in [6, 6.07) is 63.2. The van der Waals surface area contributed by atoms with E-state index in [1.807, 2.05) is 11.3 Å². The smallest absolute Gasteiger partial charge is 0.137 e. The van der Waals surface area contributed by atoms with Gasteiger partial charge in [0, 0.05) is 53.9 Å². The summed E-state index contributed by atoms with van der Waals surface area (Å²) in [5.74, 6) is 0. The molecule has 0 unspecified atom stereocenters. The number of thiophene rings is 1. The predicted molar refractivity (Wildman–Crippen MR) is 210 cm³/mol. The van der Waals surface area contributed by atoms with E-state index in [4.69, 9.17) is 4.42 Å². The molecule has 2 nitrogen and oxygen atoms in total. The molecule has 49 heavy (non-hydrogen) atoms. The zero-order chi connectivity index (χ0) is 32.3. The summed E-state index contributed by atoms with van der Waals surface area (Å²) in [5.41, 5.74) is 9.81. The molecule has 0 fully saturated rings. The van der Waals surface area contributed by atoms with Crippen molar-refractivity contribution in [3.8, 4) is 22.3 Å². The molecule has 0 atom stereocenters. The van der Waals surface area contributed by atoms with E-state index in [1.165, 1.54) is 47.6 Å². The quantitative estimate of drug-likeness (QED) is 0.186. The van der Waals surface area contributed by atoms with Gasteiger partial charge >= 0.3 is 0 Å². The highest BCUT2D eigenvalue weighted by atomic mass is 32.1. The second kappa shape index (κ2) is 11.2. The minimum Gasteiger partial charge on any atom is -0.456 e. The number of fused-ring (bicyclic) bond motifs is 7. The molecule has 0 aliphatic rings. The third kappa shape index (κ3) is 4.62. The van der Waals surface area contributed by atoms with Crippen LogP contribution in [0.15, 0.2) is 180 Å². The Morgan fingerprint density at radius 2 is 1.06 bits per heavy atom.